The molecule has 2 nitrogen and oxygen atoms in total. The van der Waals surface area contributed by atoms with Gasteiger partial charge < -0.3 is 4.90 Å². The molecule has 1 aromatic carbocycles. The van der Waals surface area contributed by atoms with Crippen molar-refractivity contribution in [1.29, 1.82) is 0 Å². The van der Waals surface area contributed by atoms with Gasteiger partial charge in [-0.25, -0.2) is 0 Å². The normalized spacial score (nSPS) is 9.93. The molecule has 0 unspecified atom stereocenters. The number of thioether (sulfide) groups is 1. The Morgan fingerprint density at radius 2 is 2.00 bits per heavy atom. The first-order valence-corrected chi connectivity index (χ1v) is 6.35. The third kappa shape index (κ3) is 3.03. The maximum atomic E-state index is 11.5. The van der Waals surface area contributed by atoms with Crippen LogP contribution >= 0.6 is 27.7 Å². The molecule has 0 aliphatic heterocycles. The number of carbonyl (C=O) groups is 1. The van der Waals surface area contributed by atoms with Crippen LogP contribution in [0.15, 0.2) is 28.7 Å². The van der Waals surface area contributed by atoms with E-state index in [0.717, 1.165) is 10.2 Å². The van der Waals surface area contributed by atoms with Gasteiger partial charge in [0.2, 0.25) is 5.91 Å². The maximum absolute atomic E-state index is 11.5. The average molecular weight is 274 g/mol. The summed E-state index contributed by atoms with van der Waals surface area (Å²) >= 11 is 4.89. The Bertz CT molecular complexity index is 312. The minimum absolute atomic E-state index is 0.125. The van der Waals surface area contributed by atoms with Gasteiger partial charge >= 0.3 is 0 Å². The van der Waals surface area contributed by atoms with Crippen molar-refractivity contribution in [3.63, 3.8) is 0 Å². The number of carbonyl (C=O) groups excluding carboxylic acids is 1. The third-order valence-electron chi connectivity index (χ3n) is 1.86. The number of anilines is 1. The van der Waals surface area contributed by atoms with Crippen molar-refractivity contribution in [2.45, 2.75) is 0 Å². The molecule has 0 aromatic heterocycles. The number of hydrogen-bond donors (Lipinski definition) is 0. The highest BCUT2D eigenvalue weighted by atomic mass is 79.9. The van der Waals surface area contributed by atoms with Crippen LogP contribution in [0.25, 0.3) is 0 Å². The van der Waals surface area contributed by atoms with E-state index in [9.17, 15) is 4.79 Å². The van der Waals surface area contributed by atoms with Crippen molar-refractivity contribution in [3.8, 4) is 0 Å². The van der Waals surface area contributed by atoms with Crippen LogP contribution in [-0.2, 0) is 4.79 Å². The molecule has 0 saturated heterocycles. The molecule has 14 heavy (non-hydrogen) atoms. The van der Waals surface area contributed by atoms with E-state index in [1.54, 1.807) is 11.9 Å². The van der Waals surface area contributed by atoms with Crippen LogP contribution in [0.5, 0.6) is 0 Å². The van der Waals surface area contributed by atoms with Crippen molar-refractivity contribution >= 4 is 39.3 Å². The predicted molar refractivity (Wildman–Crippen MR) is 65.9 cm³/mol. The van der Waals surface area contributed by atoms with Gasteiger partial charge in [0.25, 0.3) is 0 Å². The molecule has 0 fully saturated rings. The van der Waals surface area contributed by atoms with Crippen molar-refractivity contribution < 1.29 is 4.79 Å². The van der Waals surface area contributed by atoms with Gasteiger partial charge in [-0.1, -0.05) is 15.9 Å². The SMILES string of the molecule is CSCC(=O)N(C)c1ccc(Br)cc1. The van der Waals surface area contributed by atoms with E-state index in [-0.39, 0.29) is 5.91 Å². The Hall–Kier alpha value is -0.480. The second kappa shape index (κ2) is 5.41. The van der Waals surface area contributed by atoms with Crippen LogP contribution in [0.4, 0.5) is 5.69 Å². The summed E-state index contributed by atoms with van der Waals surface area (Å²) in [5.74, 6) is 0.645. The molecule has 0 spiro atoms. The number of nitrogens with zero attached hydrogens (tertiary/aromatic N) is 1. The van der Waals surface area contributed by atoms with Crippen LogP contribution in [0.3, 0.4) is 0 Å². The number of rotatable bonds is 3. The van der Waals surface area contributed by atoms with Gasteiger partial charge in [0, 0.05) is 17.2 Å². The highest BCUT2D eigenvalue weighted by Gasteiger charge is 2.08. The fourth-order valence-electron chi connectivity index (χ4n) is 1.03. The second-order valence-corrected chi connectivity index (χ2v) is 4.64. The zero-order valence-corrected chi connectivity index (χ0v) is 10.6. The van der Waals surface area contributed by atoms with Crippen molar-refractivity contribution in [3.05, 3.63) is 28.7 Å². The van der Waals surface area contributed by atoms with Gasteiger partial charge in [-0.2, -0.15) is 11.8 Å². The lowest BCUT2D eigenvalue weighted by atomic mass is 10.3. The largest absolute Gasteiger partial charge is 0.315 e. The monoisotopic (exact) mass is 273 g/mol. The van der Waals surface area contributed by atoms with E-state index < -0.39 is 0 Å². The molecule has 0 bridgehead atoms. The van der Waals surface area contributed by atoms with Crippen molar-refractivity contribution in [2.75, 3.05) is 24.0 Å². The van der Waals surface area contributed by atoms with Crippen molar-refractivity contribution in [2.24, 2.45) is 0 Å². The lowest BCUT2D eigenvalue weighted by molar-refractivity contribution is -0.115. The van der Waals surface area contributed by atoms with Crippen LogP contribution in [-0.4, -0.2) is 25.0 Å². The quantitative estimate of drug-likeness (QED) is 0.844. The lowest BCUT2D eigenvalue weighted by Gasteiger charge is -2.16. The molecule has 0 saturated carbocycles. The first-order chi connectivity index (χ1) is 6.65. The molecule has 0 radical (unpaired) electrons. The molecular weight excluding hydrogens is 262 g/mol. The molecule has 0 aliphatic rings. The van der Waals surface area contributed by atoms with Crippen LogP contribution in [0.2, 0.25) is 0 Å². The highest BCUT2D eigenvalue weighted by Crippen LogP contribution is 2.17. The van der Waals surface area contributed by atoms with E-state index >= 15 is 0 Å². The van der Waals surface area contributed by atoms with Gasteiger partial charge in [-0.3, -0.25) is 4.79 Å². The molecule has 0 atom stereocenters. The van der Waals surface area contributed by atoms with E-state index in [2.05, 4.69) is 15.9 Å². The topological polar surface area (TPSA) is 20.3 Å². The molecule has 4 heteroatoms. The van der Waals surface area contributed by atoms with Gasteiger partial charge in [0.05, 0.1) is 5.75 Å². The first kappa shape index (κ1) is 11.6. The zero-order chi connectivity index (χ0) is 10.6. The van der Waals surface area contributed by atoms with E-state index in [4.69, 9.17) is 0 Å². The molecule has 0 heterocycles. The fraction of sp³-hybridized carbons (Fsp3) is 0.300. The fourth-order valence-corrected chi connectivity index (χ4v) is 1.73. The Balaban J connectivity index is 2.73. The van der Waals surface area contributed by atoms with E-state index in [0.29, 0.717) is 5.75 Å². The van der Waals surface area contributed by atoms with Gasteiger partial charge in [0.15, 0.2) is 0 Å². The van der Waals surface area contributed by atoms with Crippen molar-refractivity contribution in [1.82, 2.24) is 0 Å². The Morgan fingerprint density at radius 1 is 1.43 bits per heavy atom. The molecular formula is C10H12BrNOS. The number of benzene rings is 1. The minimum atomic E-state index is 0.125. The third-order valence-corrected chi connectivity index (χ3v) is 2.92. The van der Waals surface area contributed by atoms with Gasteiger partial charge in [0.1, 0.15) is 0 Å². The standard InChI is InChI=1S/C10H12BrNOS/c1-12(10(13)7-14-2)9-5-3-8(11)4-6-9/h3-6H,7H2,1-2H3. The van der Waals surface area contributed by atoms with Crippen LogP contribution < -0.4 is 4.90 Å². The number of amides is 1. The summed E-state index contributed by atoms with van der Waals surface area (Å²) in [5.41, 5.74) is 0.923. The molecule has 76 valence electrons. The first-order valence-electron chi connectivity index (χ1n) is 4.16. The highest BCUT2D eigenvalue weighted by molar-refractivity contribution is 9.10. The minimum Gasteiger partial charge on any atom is -0.315 e. The summed E-state index contributed by atoms with van der Waals surface area (Å²) in [6, 6.07) is 7.70. The van der Waals surface area contributed by atoms with Gasteiger partial charge in [-0.15, -0.1) is 0 Å². The molecule has 1 aromatic rings. The summed E-state index contributed by atoms with van der Waals surface area (Å²) in [5, 5.41) is 0. The molecule has 1 amide bonds. The van der Waals surface area contributed by atoms with Gasteiger partial charge in [-0.05, 0) is 30.5 Å². The summed E-state index contributed by atoms with van der Waals surface area (Å²) in [7, 11) is 1.79. The predicted octanol–water partition coefficient (Wildman–Crippen LogP) is 2.77. The Labute approximate surface area is 96.8 Å². The molecule has 1 rings (SSSR count). The molecule has 0 aliphatic carbocycles. The average Bonchev–Trinajstić information content (AvgIpc) is 2.18. The Kier molecular flexibility index (Phi) is 4.48. The van der Waals surface area contributed by atoms with E-state index in [1.807, 2.05) is 30.5 Å². The number of hydrogen-bond acceptors (Lipinski definition) is 2. The smallest absolute Gasteiger partial charge is 0.236 e. The zero-order valence-electron chi connectivity index (χ0n) is 8.16. The second-order valence-electron chi connectivity index (χ2n) is 2.86. The Morgan fingerprint density at radius 3 is 2.50 bits per heavy atom. The number of halogens is 1. The van der Waals surface area contributed by atoms with E-state index in [1.165, 1.54) is 11.8 Å². The lowest BCUT2D eigenvalue weighted by Crippen LogP contribution is -2.27. The summed E-state index contributed by atoms with van der Waals surface area (Å²) in [4.78, 5) is 13.2. The summed E-state index contributed by atoms with van der Waals surface area (Å²) in [6.07, 6.45) is 1.92. The van der Waals surface area contributed by atoms with Crippen LogP contribution in [0, 0.1) is 0 Å². The van der Waals surface area contributed by atoms with Crippen LogP contribution in [0.1, 0.15) is 0 Å². The summed E-state index contributed by atoms with van der Waals surface area (Å²) < 4.78 is 1.02. The maximum Gasteiger partial charge on any atom is 0.236 e. The summed E-state index contributed by atoms with van der Waals surface area (Å²) in [6.45, 7) is 0. The molecule has 0 N–H and O–H groups in total.